The van der Waals surface area contributed by atoms with E-state index in [9.17, 15) is 26.0 Å². The SMILES string of the molecule is CCS(=O)(=O)Nc1ccc(S(=O)(=O)NCCCC(=O)O)cc1F. The fourth-order valence-electron chi connectivity index (χ4n) is 1.51. The summed E-state index contributed by atoms with van der Waals surface area (Å²) in [6.07, 6.45) is -0.111. The van der Waals surface area contributed by atoms with Crippen LogP contribution in [0.25, 0.3) is 0 Å². The van der Waals surface area contributed by atoms with Crippen molar-refractivity contribution in [3.05, 3.63) is 24.0 Å². The van der Waals surface area contributed by atoms with Crippen LogP contribution in [0.15, 0.2) is 23.1 Å². The van der Waals surface area contributed by atoms with Gasteiger partial charge >= 0.3 is 5.97 Å². The van der Waals surface area contributed by atoms with Gasteiger partial charge in [-0.25, -0.2) is 25.9 Å². The number of hydrogen-bond donors (Lipinski definition) is 3. The Balaban J connectivity index is 2.85. The summed E-state index contributed by atoms with van der Waals surface area (Å²) in [6, 6.07) is 2.75. The van der Waals surface area contributed by atoms with Crippen molar-refractivity contribution >= 4 is 31.7 Å². The molecule has 0 aromatic heterocycles. The van der Waals surface area contributed by atoms with Crippen molar-refractivity contribution in [2.24, 2.45) is 0 Å². The molecule has 0 aliphatic carbocycles. The first kappa shape index (κ1) is 19.3. The summed E-state index contributed by atoms with van der Waals surface area (Å²) in [4.78, 5) is 9.95. The number of nitrogens with one attached hydrogen (secondary N) is 2. The second-order valence-electron chi connectivity index (χ2n) is 4.54. The lowest BCUT2D eigenvalue weighted by Gasteiger charge is -2.10. The molecule has 0 aliphatic rings. The molecule has 0 spiro atoms. The first-order valence-corrected chi connectivity index (χ1v) is 9.72. The number of rotatable bonds is 9. The van der Waals surface area contributed by atoms with Gasteiger partial charge in [0.2, 0.25) is 20.0 Å². The van der Waals surface area contributed by atoms with Crippen molar-refractivity contribution in [3.63, 3.8) is 0 Å². The number of sulfonamides is 2. The van der Waals surface area contributed by atoms with E-state index in [0.29, 0.717) is 6.07 Å². The van der Waals surface area contributed by atoms with E-state index in [-0.39, 0.29) is 35.7 Å². The number of carboxylic acids is 1. The predicted molar refractivity (Wildman–Crippen MR) is 81.5 cm³/mol. The Morgan fingerprint density at radius 1 is 1.26 bits per heavy atom. The van der Waals surface area contributed by atoms with Crippen molar-refractivity contribution < 1.29 is 31.1 Å². The highest BCUT2D eigenvalue weighted by Gasteiger charge is 2.17. The normalized spacial score (nSPS) is 12.1. The Hall–Kier alpha value is -1.72. The van der Waals surface area contributed by atoms with Gasteiger partial charge in [0.25, 0.3) is 0 Å². The number of benzene rings is 1. The highest BCUT2D eigenvalue weighted by molar-refractivity contribution is 7.92. The smallest absolute Gasteiger partial charge is 0.303 e. The molecule has 1 aromatic carbocycles. The number of carbonyl (C=O) groups is 1. The zero-order valence-electron chi connectivity index (χ0n) is 12.2. The minimum Gasteiger partial charge on any atom is -0.481 e. The Bertz CT molecular complexity index is 777. The Morgan fingerprint density at radius 3 is 2.43 bits per heavy atom. The Labute approximate surface area is 133 Å². The first-order chi connectivity index (χ1) is 10.6. The predicted octanol–water partition coefficient (Wildman–Crippen LogP) is 0.730. The average molecular weight is 368 g/mol. The molecule has 0 bridgehead atoms. The van der Waals surface area contributed by atoms with Gasteiger partial charge in [-0.3, -0.25) is 9.52 Å². The lowest BCUT2D eigenvalue weighted by Crippen LogP contribution is -2.25. The van der Waals surface area contributed by atoms with Gasteiger partial charge in [-0.15, -0.1) is 0 Å². The summed E-state index contributed by atoms with van der Waals surface area (Å²) >= 11 is 0. The number of aliphatic carboxylic acids is 1. The van der Waals surface area contributed by atoms with Crippen LogP contribution in [0.4, 0.5) is 10.1 Å². The van der Waals surface area contributed by atoms with Crippen molar-refractivity contribution in [1.29, 1.82) is 0 Å². The van der Waals surface area contributed by atoms with E-state index in [1.807, 2.05) is 4.72 Å². The van der Waals surface area contributed by atoms with E-state index in [2.05, 4.69) is 4.72 Å². The molecule has 0 heterocycles. The molecule has 8 nitrogen and oxygen atoms in total. The van der Waals surface area contributed by atoms with Gasteiger partial charge in [0.15, 0.2) is 0 Å². The molecular weight excluding hydrogens is 351 g/mol. The van der Waals surface area contributed by atoms with Gasteiger partial charge in [0, 0.05) is 13.0 Å². The number of hydrogen-bond acceptors (Lipinski definition) is 5. The van der Waals surface area contributed by atoms with Crippen LogP contribution in [0.5, 0.6) is 0 Å². The minimum atomic E-state index is -4.01. The second-order valence-corrected chi connectivity index (χ2v) is 8.32. The molecule has 0 fully saturated rings. The van der Waals surface area contributed by atoms with E-state index >= 15 is 0 Å². The van der Waals surface area contributed by atoms with E-state index in [4.69, 9.17) is 5.11 Å². The highest BCUT2D eigenvalue weighted by atomic mass is 32.2. The first-order valence-electron chi connectivity index (χ1n) is 6.59. The van der Waals surface area contributed by atoms with Crippen LogP contribution < -0.4 is 9.44 Å². The van der Waals surface area contributed by atoms with Gasteiger partial charge < -0.3 is 5.11 Å². The summed E-state index contributed by atoms with van der Waals surface area (Å²) in [5.41, 5.74) is -0.350. The monoisotopic (exact) mass is 368 g/mol. The standard InChI is InChI=1S/C12H17FN2O6S2/c1-2-22(18,19)15-11-6-5-9(8-10(11)13)23(20,21)14-7-3-4-12(16)17/h5-6,8,14-15H,2-4,7H2,1H3,(H,16,17). The lowest BCUT2D eigenvalue weighted by atomic mass is 10.3. The summed E-state index contributed by atoms with van der Waals surface area (Å²) in [5.74, 6) is -2.34. The Morgan fingerprint density at radius 2 is 1.91 bits per heavy atom. The molecule has 23 heavy (non-hydrogen) atoms. The maximum atomic E-state index is 13.8. The summed E-state index contributed by atoms with van der Waals surface area (Å²) in [6.45, 7) is 1.26. The van der Waals surface area contributed by atoms with Crippen LogP contribution in [-0.4, -0.2) is 40.2 Å². The topological polar surface area (TPSA) is 130 Å². The third-order valence-corrected chi connectivity index (χ3v) is 5.51. The fourth-order valence-corrected chi connectivity index (χ4v) is 3.25. The molecule has 0 aliphatic heterocycles. The zero-order valence-corrected chi connectivity index (χ0v) is 13.9. The molecule has 0 radical (unpaired) electrons. The maximum absolute atomic E-state index is 13.8. The van der Waals surface area contributed by atoms with Crippen LogP contribution in [0.1, 0.15) is 19.8 Å². The summed E-state index contributed by atoms with van der Waals surface area (Å²) < 4.78 is 64.6. The van der Waals surface area contributed by atoms with E-state index in [1.165, 1.54) is 6.92 Å². The summed E-state index contributed by atoms with van der Waals surface area (Å²) in [5, 5.41) is 8.46. The van der Waals surface area contributed by atoms with E-state index in [1.54, 1.807) is 0 Å². The quantitative estimate of drug-likeness (QED) is 0.551. The van der Waals surface area contributed by atoms with Crippen LogP contribution in [0, 0.1) is 5.82 Å². The molecule has 1 rings (SSSR count). The largest absolute Gasteiger partial charge is 0.481 e. The fraction of sp³-hybridized carbons (Fsp3) is 0.417. The molecule has 0 amide bonds. The molecule has 0 unspecified atom stereocenters. The maximum Gasteiger partial charge on any atom is 0.303 e. The van der Waals surface area contributed by atoms with E-state index in [0.717, 1.165) is 12.1 Å². The van der Waals surface area contributed by atoms with Crippen molar-refractivity contribution in [2.75, 3.05) is 17.0 Å². The molecule has 11 heteroatoms. The van der Waals surface area contributed by atoms with Gasteiger partial charge in [-0.2, -0.15) is 0 Å². The van der Waals surface area contributed by atoms with Crippen molar-refractivity contribution in [1.82, 2.24) is 4.72 Å². The Kier molecular flexibility index (Phi) is 6.47. The molecular formula is C12H17FN2O6S2. The number of anilines is 1. The highest BCUT2D eigenvalue weighted by Crippen LogP contribution is 2.20. The third kappa shape index (κ3) is 6.12. The molecule has 130 valence electrons. The summed E-state index contributed by atoms with van der Waals surface area (Å²) in [7, 11) is -7.69. The minimum absolute atomic E-state index is 0.0887. The van der Waals surface area contributed by atoms with Gasteiger partial charge in [0.05, 0.1) is 16.3 Å². The molecule has 1 aromatic rings. The lowest BCUT2D eigenvalue weighted by molar-refractivity contribution is -0.137. The van der Waals surface area contributed by atoms with Gasteiger partial charge in [-0.1, -0.05) is 0 Å². The van der Waals surface area contributed by atoms with Crippen LogP contribution in [0.3, 0.4) is 0 Å². The van der Waals surface area contributed by atoms with Crippen molar-refractivity contribution in [2.45, 2.75) is 24.7 Å². The third-order valence-electron chi connectivity index (χ3n) is 2.76. The molecule has 0 atom stereocenters. The van der Waals surface area contributed by atoms with Crippen LogP contribution in [-0.2, 0) is 24.8 Å². The molecule has 0 saturated carbocycles. The second kappa shape index (κ2) is 7.70. The van der Waals surface area contributed by atoms with Crippen molar-refractivity contribution in [3.8, 4) is 0 Å². The van der Waals surface area contributed by atoms with E-state index < -0.39 is 31.8 Å². The van der Waals surface area contributed by atoms with Gasteiger partial charge in [-0.05, 0) is 31.5 Å². The number of halogens is 1. The zero-order chi connectivity index (χ0) is 17.7. The average Bonchev–Trinajstić information content (AvgIpc) is 2.45. The number of carboxylic acid groups (broad SMARTS) is 1. The van der Waals surface area contributed by atoms with Gasteiger partial charge in [0.1, 0.15) is 5.82 Å². The van der Waals surface area contributed by atoms with Crippen LogP contribution >= 0.6 is 0 Å². The molecule has 3 N–H and O–H groups in total. The van der Waals surface area contributed by atoms with Crippen LogP contribution in [0.2, 0.25) is 0 Å². The molecule has 0 saturated heterocycles.